The van der Waals surface area contributed by atoms with E-state index in [1.165, 1.54) is 0 Å². The number of phenolic OH excluding ortho intramolecular Hbond substituents is 2. The lowest BCUT2D eigenvalue weighted by Crippen LogP contribution is -2.18. The lowest BCUT2D eigenvalue weighted by molar-refractivity contribution is 0.475. The molecule has 0 radical (unpaired) electrons. The van der Waals surface area contributed by atoms with Gasteiger partial charge in [-0.15, -0.1) is 0 Å². The molecule has 2 aromatic heterocycles. The number of phenols is 2. The summed E-state index contributed by atoms with van der Waals surface area (Å²) in [7, 11) is 0. The van der Waals surface area contributed by atoms with Crippen LogP contribution in [-0.4, -0.2) is 53.2 Å². The Hall–Kier alpha value is -7.10. The number of hydrogen-bond acceptors (Lipinski definition) is 16. The van der Waals surface area contributed by atoms with Gasteiger partial charge in [-0.1, -0.05) is 24.3 Å². The van der Waals surface area contributed by atoms with Gasteiger partial charge in [0, 0.05) is 59.3 Å². The van der Waals surface area contributed by atoms with Crippen molar-refractivity contribution >= 4 is 69.8 Å². The molecule has 48 heavy (non-hydrogen) atoms. The Labute approximate surface area is 274 Å². The number of aromatic nitrogens is 6. The molecular formula is C32H32N14O2. The van der Waals surface area contributed by atoms with Crippen molar-refractivity contribution in [2.75, 3.05) is 56.5 Å². The molecule has 12 N–H and O–H groups in total. The summed E-state index contributed by atoms with van der Waals surface area (Å²) in [6.45, 7) is 0.735. The minimum atomic E-state index is 0.0986. The number of nitrogens with two attached hydrogens (primary N) is 2. The van der Waals surface area contributed by atoms with Crippen molar-refractivity contribution < 1.29 is 10.2 Å². The summed E-state index contributed by atoms with van der Waals surface area (Å²) in [5, 5.41) is 38.6. The lowest BCUT2D eigenvalue weighted by atomic mass is 10.3. The van der Waals surface area contributed by atoms with Crippen LogP contribution < -0.4 is 43.4 Å². The highest BCUT2D eigenvalue weighted by Crippen LogP contribution is 2.24. The van der Waals surface area contributed by atoms with Crippen LogP contribution in [-0.2, 0) is 0 Å². The minimum absolute atomic E-state index is 0.0986. The fourth-order valence-corrected chi connectivity index (χ4v) is 4.40. The van der Waals surface area contributed by atoms with Gasteiger partial charge in [-0.25, -0.2) is 0 Å². The van der Waals surface area contributed by atoms with Crippen molar-refractivity contribution in [1.82, 2.24) is 29.9 Å². The van der Waals surface area contributed by atoms with Gasteiger partial charge in [-0.2, -0.15) is 29.9 Å². The first-order chi connectivity index (χ1) is 23.3. The van der Waals surface area contributed by atoms with Gasteiger partial charge in [0.2, 0.25) is 35.7 Å². The molecule has 0 amide bonds. The molecule has 16 nitrogen and oxygen atoms in total. The Morgan fingerprint density at radius 3 is 1.06 bits per heavy atom. The molecule has 0 aliphatic carbocycles. The zero-order valence-corrected chi connectivity index (χ0v) is 25.4. The second kappa shape index (κ2) is 14.3. The fourth-order valence-electron chi connectivity index (χ4n) is 4.40. The maximum absolute atomic E-state index is 9.89. The number of anilines is 12. The Morgan fingerprint density at radius 2 is 0.729 bits per heavy atom. The second-order valence-corrected chi connectivity index (χ2v) is 10.3. The first-order valence-electron chi connectivity index (χ1n) is 14.7. The molecule has 0 unspecified atom stereocenters. The molecule has 0 fully saturated rings. The van der Waals surface area contributed by atoms with Gasteiger partial charge >= 0.3 is 0 Å². The van der Waals surface area contributed by atoms with Gasteiger partial charge in [0.15, 0.2) is 0 Å². The molecule has 0 aliphatic rings. The maximum Gasteiger partial charge on any atom is 0.233 e. The van der Waals surface area contributed by atoms with E-state index in [1.54, 1.807) is 72.8 Å². The third-order valence-corrected chi connectivity index (χ3v) is 6.45. The van der Waals surface area contributed by atoms with Crippen LogP contribution in [0.4, 0.5) is 69.8 Å². The minimum Gasteiger partial charge on any atom is -0.508 e. The van der Waals surface area contributed by atoms with Crippen LogP contribution in [0.2, 0.25) is 0 Å². The predicted octanol–water partition coefficient (Wildman–Crippen LogP) is 5.13. The van der Waals surface area contributed by atoms with Crippen LogP contribution in [0, 0.1) is 0 Å². The molecule has 16 heteroatoms. The highest BCUT2D eigenvalue weighted by Gasteiger charge is 2.11. The molecule has 0 spiro atoms. The second-order valence-electron chi connectivity index (χ2n) is 10.3. The number of nitrogen functional groups attached to an aromatic ring is 2. The molecule has 242 valence electrons. The molecule has 6 rings (SSSR count). The van der Waals surface area contributed by atoms with E-state index in [1.807, 2.05) is 24.3 Å². The molecule has 0 aliphatic heterocycles. The van der Waals surface area contributed by atoms with E-state index in [0.29, 0.717) is 47.2 Å². The normalized spacial score (nSPS) is 10.6. The van der Waals surface area contributed by atoms with E-state index in [0.717, 1.165) is 0 Å². The van der Waals surface area contributed by atoms with E-state index in [-0.39, 0.29) is 47.2 Å². The average Bonchev–Trinajstić information content (AvgIpc) is 3.03. The van der Waals surface area contributed by atoms with E-state index >= 15 is 0 Å². The maximum atomic E-state index is 9.89. The van der Waals surface area contributed by atoms with Crippen LogP contribution in [0.5, 0.6) is 11.5 Å². The first-order valence-corrected chi connectivity index (χ1v) is 14.7. The smallest absolute Gasteiger partial charge is 0.233 e. The Balaban J connectivity index is 1.17. The Morgan fingerprint density at radius 1 is 0.417 bits per heavy atom. The molecular weight excluding hydrogens is 612 g/mol. The number of hydrogen-bond donors (Lipinski definition) is 10. The van der Waals surface area contributed by atoms with Crippen LogP contribution in [0.25, 0.3) is 0 Å². The van der Waals surface area contributed by atoms with Crippen molar-refractivity contribution in [2.45, 2.75) is 0 Å². The SMILES string of the molecule is Nc1cccc(Nc2nc(NCCNc3nc(Nc4cccc(N)c4)nc(Nc4cccc(O)c4)n3)nc(Nc3cccc(O)c3)n2)c1. The molecule has 0 saturated heterocycles. The molecule has 0 saturated carbocycles. The predicted molar refractivity (Wildman–Crippen MR) is 188 cm³/mol. The number of nitrogens with one attached hydrogen (secondary N) is 6. The molecule has 2 heterocycles. The quantitative estimate of drug-likeness (QED) is 0.0578. The monoisotopic (exact) mass is 644 g/mol. The largest absolute Gasteiger partial charge is 0.508 e. The summed E-state index contributed by atoms with van der Waals surface area (Å²) in [6.07, 6.45) is 0. The highest BCUT2D eigenvalue weighted by molar-refractivity contribution is 5.64. The van der Waals surface area contributed by atoms with Gasteiger partial charge in [0.1, 0.15) is 11.5 Å². The van der Waals surface area contributed by atoms with Crippen molar-refractivity contribution in [3.8, 4) is 11.5 Å². The summed E-state index contributed by atoms with van der Waals surface area (Å²) in [6, 6.07) is 27.6. The van der Waals surface area contributed by atoms with E-state index in [2.05, 4.69) is 61.8 Å². The third kappa shape index (κ3) is 8.75. The summed E-state index contributed by atoms with van der Waals surface area (Å²) in [5.74, 6) is 1.79. The average molecular weight is 645 g/mol. The Bertz CT molecular complexity index is 1750. The van der Waals surface area contributed by atoms with Crippen LogP contribution in [0.1, 0.15) is 0 Å². The van der Waals surface area contributed by atoms with Gasteiger partial charge in [0.05, 0.1) is 0 Å². The van der Waals surface area contributed by atoms with Crippen LogP contribution >= 0.6 is 0 Å². The Kier molecular flexibility index (Phi) is 9.23. The summed E-state index contributed by atoms with van der Waals surface area (Å²) >= 11 is 0. The van der Waals surface area contributed by atoms with Crippen LogP contribution in [0.15, 0.2) is 97.1 Å². The van der Waals surface area contributed by atoms with E-state index in [9.17, 15) is 10.2 Å². The van der Waals surface area contributed by atoms with Crippen molar-refractivity contribution in [3.63, 3.8) is 0 Å². The summed E-state index contributed by atoms with van der Waals surface area (Å²) in [5.41, 5.74) is 15.6. The molecule has 6 aromatic rings. The van der Waals surface area contributed by atoms with Crippen molar-refractivity contribution in [2.24, 2.45) is 0 Å². The van der Waals surface area contributed by atoms with Gasteiger partial charge in [0.25, 0.3) is 0 Å². The van der Waals surface area contributed by atoms with Crippen molar-refractivity contribution in [1.29, 1.82) is 0 Å². The van der Waals surface area contributed by atoms with Crippen molar-refractivity contribution in [3.05, 3.63) is 97.1 Å². The molecule has 4 aromatic carbocycles. The number of nitrogens with zero attached hydrogens (tertiary/aromatic N) is 6. The number of aromatic hydroxyl groups is 2. The number of rotatable bonds is 13. The highest BCUT2D eigenvalue weighted by atomic mass is 16.3. The lowest BCUT2D eigenvalue weighted by Gasteiger charge is -2.13. The zero-order chi connectivity index (χ0) is 33.3. The fraction of sp³-hybridized carbons (Fsp3) is 0.0625. The van der Waals surface area contributed by atoms with Gasteiger partial charge in [-0.05, 0) is 60.7 Å². The topological polar surface area (TPSA) is 242 Å². The van der Waals surface area contributed by atoms with Gasteiger partial charge < -0.3 is 53.6 Å². The summed E-state index contributed by atoms with van der Waals surface area (Å²) < 4.78 is 0. The van der Waals surface area contributed by atoms with Gasteiger partial charge in [-0.3, -0.25) is 0 Å². The third-order valence-electron chi connectivity index (χ3n) is 6.45. The zero-order valence-electron chi connectivity index (χ0n) is 25.4. The first kappa shape index (κ1) is 30.9. The van der Waals surface area contributed by atoms with Crippen LogP contribution in [0.3, 0.4) is 0 Å². The van der Waals surface area contributed by atoms with E-state index in [4.69, 9.17) is 11.5 Å². The summed E-state index contributed by atoms with van der Waals surface area (Å²) in [4.78, 5) is 26.9. The standard InChI is InChI=1S/C32H32N14O2/c33-19-5-1-7-21(15-19)37-29-41-27(43-31(45-29)39-23-9-3-11-25(47)17-23)35-13-14-36-28-42-30(38-22-8-2-6-20(34)16-22)46-32(44-28)40-24-10-4-12-26(48)18-24/h1-12,15-18,47-48H,13-14,33-34H2,(H3,35,37,39,41,43,45)(H3,36,38,40,42,44,46). The molecule has 0 atom stereocenters. The van der Waals surface area contributed by atoms with E-state index < -0.39 is 0 Å². The molecule has 0 bridgehead atoms. The number of benzene rings is 4.